The molecule has 138 valence electrons. The summed E-state index contributed by atoms with van der Waals surface area (Å²) in [6.07, 6.45) is 4.74. The Kier molecular flexibility index (Phi) is 12.0. The highest BCUT2D eigenvalue weighted by Crippen LogP contribution is 2.15. The molecule has 24 heavy (non-hydrogen) atoms. The quantitative estimate of drug-likeness (QED) is 0.658. The van der Waals surface area contributed by atoms with E-state index in [-0.39, 0.29) is 30.5 Å². The smallest absolute Gasteiger partial charge is 0.237 e. The van der Waals surface area contributed by atoms with Gasteiger partial charge in [-0.1, -0.05) is 12.1 Å². The van der Waals surface area contributed by atoms with Crippen molar-refractivity contribution in [3.8, 4) is 5.75 Å². The lowest BCUT2D eigenvalue weighted by molar-refractivity contribution is -0.123. The molecule has 0 aliphatic rings. The first-order valence-electron chi connectivity index (χ1n) is 8.23. The van der Waals surface area contributed by atoms with Crippen LogP contribution in [0.2, 0.25) is 0 Å². The minimum absolute atomic E-state index is 0. The number of nitrogens with one attached hydrogen (secondary N) is 1. The lowest BCUT2D eigenvalue weighted by Gasteiger charge is -2.17. The van der Waals surface area contributed by atoms with Crippen molar-refractivity contribution in [2.75, 3.05) is 12.0 Å². The fraction of sp³-hybridized carbons (Fsp3) is 0.611. The van der Waals surface area contributed by atoms with E-state index in [1.165, 1.54) is 5.56 Å². The number of amides is 1. The van der Waals surface area contributed by atoms with E-state index in [4.69, 9.17) is 10.5 Å². The largest absolute Gasteiger partial charge is 0.491 e. The van der Waals surface area contributed by atoms with Crippen LogP contribution in [-0.2, 0) is 11.2 Å². The van der Waals surface area contributed by atoms with Crippen LogP contribution in [0.5, 0.6) is 5.75 Å². The Bertz CT molecular complexity index is 469. The molecule has 3 N–H and O–H groups in total. The molecule has 0 spiro atoms. The van der Waals surface area contributed by atoms with Gasteiger partial charge in [-0.25, -0.2) is 0 Å². The number of carbonyl (C=O) groups is 1. The number of hydrogen-bond donors (Lipinski definition) is 2. The third-order valence-corrected chi connectivity index (χ3v) is 4.16. The third-order valence-electron chi connectivity index (χ3n) is 3.52. The minimum Gasteiger partial charge on any atom is -0.491 e. The van der Waals surface area contributed by atoms with Gasteiger partial charge in [0.25, 0.3) is 0 Å². The summed E-state index contributed by atoms with van der Waals surface area (Å²) in [6.45, 7) is 6.06. The molecule has 0 heterocycles. The van der Waals surface area contributed by atoms with Gasteiger partial charge in [0.05, 0.1) is 12.1 Å². The lowest BCUT2D eigenvalue weighted by Crippen LogP contribution is -2.44. The summed E-state index contributed by atoms with van der Waals surface area (Å²) in [5, 5.41) is 3.00. The fourth-order valence-electron chi connectivity index (χ4n) is 2.19. The molecule has 1 aromatic rings. The Morgan fingerprint density at radius 2 is 1.83 bits per heavy atom. The predicted octanol–water partition coefficient (Wildman–Crippen LogP) is 3.41. The molecule has 0 aliphatic carbocycles. The first kappa shape index (κ1) is 23.1. The van der Waals surface area contributed by atoms with E-state index in [1.54, 1.807) is 11.8 Å². The van der Waals surface area contributed by atoms with Crippen molar-refractivity contribution >= 4 is 30.1 Å². The molecule has 0 aliphatic heterocycles. The van der Waals surface area contributed by atoms with Gasteiger partial charge in [-0.05, 0) is 69.7 Å². The standard InChI is InChI=1S/C18H30N2O2S.ClH/c1-13(2)22-16-9-7-15(8-10-16)6-5-14(3)20-18(21)17(19)11-12-23-4;/h7-10,13-14,17H,5-6,11-12,19H2,1-4H3,(H,20,21);1H/t14?,17-;/m0./s1. The molecule has 4 nitrogen and oxygen atoms in total. The van der Waals surface area contributed by atoms with Crippen molar-refractivity contribution in [3.63, 3.8) is 0 Å². The number of rotatable bonds is 10. The van der Waals surface area contributed by atoms with Crippen LogP contribution in [0.15, 0.2) is 24.3 Å². The molecule has 0 bridgehead atoms. The molecule has 0 radical (unpaired) electrons. The van der Waals surface area contributed by atoms with Gasteiger partial charge in [0.1, 0.15) is 5.75 Å². The summed E-state index contributed by atoms with van der Waals surface area (Å²) in [5.41, 5.74) is 7.12. The van der Waals surface area contributed by atoms with Crippen LogP contribution in [0.1, 0.15) is 39.2 Å². The second-order valence-corrected chi connectivity index (χ2v) is 7.13. The van der Waals surface area contributed by atoms with E-state index in [2.05, 4.69) is 17.4 Å². The van der Waals surface area contributed by atoms with E-state index in [0.717, 1.165) is 30.8 Å². The van der Waals surface area contributed by atoms with Gasteiger partial charge >= 0.3 is 0 Å². The highest BCUT2D eigenvalue weighted by atomic mass is 35.5. The van der Waals surface area contributed by atoms with E-state index in [1.807, 2.05) is 39.2 Å². The summed E-state index contributed by atoms with van der Waals surface area (Å²) < 4.78 is 5.63. The van der Waals surface area contributed by atoms with Crippen molar-refractivity contribution in [1.29, 1.82) is 0 Å². The SMILES string of the molecule is CSCC[C@H](N)C(=O)NC(C)CCc1ccc(OC(C)C)cc1.Cl. The van der Waals surface area contributed by atoms with Gasteiger partial charge < -0.3 is 15.8 Å². The number of benzene rings is 1. The van der Waals surface area contributed by atoms with E-state index < -0.39 is 6.04 Å². The Labute approximate surface area is 156 Å². The monoisotopic (exact) mass is 374 g/mol. The molecular formula is C18H31ClN2O2S. The minimum atomic E-state index is -0.405. The average Bonchev–Trinajstić information content (AvgIpc) is 2.51. The molecule has 6 heteroatoms. The van der Waals surface area contributed by atoms with Crippen molar-refractivity contribution in [1.82, 2.24) is 5.32 Å². The third kappa shape index (κ3) is 9.40. The molecule has 2 atom stereocenters. The normalized spacial score (nSPS) is 13.1. The van der Waals surface area contributed by atoms with Crippen molar-refractivity contribution in [3.05, 3.63) is 29.8 Å². The Morgan fingerprint density at radius 1 is 1.21 bits per heavy atom. The molecule has 1 amide bonds. The summed E-state index contributed by atoms with van der Waals surface area (Å²) in [6, 6.07) is 7.87. The van der Waals surface area contributed by atoms with Crippen molar-refractivity contribution < 1.29 is 9.53 Å². The number of aryl methyl sites for hydroxylation is 1. The van der Waals surface area contributed by atoms with Crippen LogP contribution in [0.4, 0.5) is 0 Å². The van der Waals surface area contributed by atoms with Gasteiger partial charge in [0.15, 0.2) is 0 Å². The van der Waals surface area contributed by atoms with E-state index in [0.29, 0.717) is 0 Å². The second-order valence-electron chi connectivity index (χ2n) is 6.15. The number of nitrogens with two attached hydrogens (primary N) is 1. The zero-order valence-corrected chi connectivity index (χ0v) is 16.7. The number of thioether (sulfide) groups is 1. The van der Waals surface area contributed by atoms with Gasteiger partial charge in [0, 0.05) is 6.04 Å². The highest BCUT2D eigenvalue weighted by Gasteiger charge is 2.15. The summed E-state index contributed by atoms with van der Waals surface area (Å²) in [4.78, 5) is 12.0. The topological polar surface area (TPSA) is 64.4 Å². The number of ether oxygens (including phenoxy) is 1. The van der Waals surface area contributed by atoms with Gasteiger partial charge in [0.2, 0.25) is 5.91 Å². The Balaban J connectivity index is 0.00000529. The maximum atomic E-state index is 12.0. The Morgan fingerprint density at radius 3 is 2.38 bits per heavy atom. The van der Waals surface area contributed by atoms with Crippen LogP contribution in [0.3, 0.4) is 0 Å². The van der Waals surface area contributed by atoms with Crippen LogP contribution in [0.25, 0.3) is 0 Å². The van der Waals surface area contributed by atoms with Gasteiger partial charge in [-0.3, -0.25) is 4.79 Å². The molecule has 1 rings (SSSR count). The molecule has 1 unspecified atom stereocenters. The Hall–Kier alpha value is -0.910. The van der Waals surface area contributed by atoms with Crippen LogP contribution < -0.4 is 15.8 Å². The predicted molar refractivity (Wildman–Crippen MR) is 106 cm³/mol. The maximum Gasteiger partial charge on any atom is 0.237 e. The first-order chi connectivity index (χ1) is 10.9. The zero-order valence-electron chi connectivity index (χ0n) is 15.1. The number of halogens is 1. The van der Waals surface area contributed by atoms with Crippen LogP contribution >= 0.6 is 24.2 Å². The van der Waals surface area contributed by atoms with Crippen molar-refractivity contribution in [2.24, 2.45) is 5.73 Å². The summed E-state index contributed by atoms with van der Waals surface area (Å²) >= 11 is 1.71. The molecule has 0 saturated heterocycles. The van der Waals surface area contributed by atoms with E-state index in [9.17, 15) is 4.79 Å². The molecule has 0 saturated carbocycles. The highest BCUT2D eigenvalue weighted by molar-refractivity contribution is 7.98. The fourth-order valence-corrected chi connectivity index (χ4v) is 2.68. The van der Waals surface area contributed by atoms with Gasteiger partial charge in [-0.2, -0.15) is 11.8 Å². The first-order valence-corrected chi connectivity index (χ1v) is 9.62. The molecule has 0 fully saturated rings. The average molecular weight is 375 g/mol. The summed E-state index contributed by atoms with van der Waals surface area (Å²) in [5.74, 6) is 1.76. The van der Waals surface area contributed by atoms with Gasteiger partial charge in [-0.15, -0.1) is 12.4 Å². The molecule has 1 aromatic carbocycles. The summed E-state index contributed by atoms with van der Waals surface area (Å²) in [7, 11) is 0. The van der Waals surface area contributed by atoms with Crippen LogP contribution in [-0.4, -0.2) is 36.1 Å². The van der Waals surface area contributed by atoms with E-state index >= 15 is 0 Å². The molecule has 0 aromatic heterocycles. The number of hydrogen-bond acceptors (Lipinski definition) is 4. The number of carbonyl (C=O) groups excluding carboxylic acids is 1. The van der Waals surface area contributed by atoms with Crippen molar-refractivity contribution in [2.45, 2.75) is 58.2 Å². The lowest BCUT2D eigenvalue weighted by atomic mass is 10.1. The molecular weight excluding hydrogens is 344 g/mol. The maximum absolute atomic E-state index is 12.0. The second kappa shape index (κ2) is 12.5. The van der Waals surface area contributed by atoms with Crippen LogP contribution in [0, 0.1) is 0 Å². The zero-order chi connectivity index (χ0) is 17.2.